The minimum Gasteiger partial charge on any atom is -0.370 e. The average molecular weight is 490 g/mol. The Hall–Kier alpha value is -3.83. The van der Waals surface area contributed by atoms with Crippen LogP contribution in [0.2, 0.25) is 5.02 Å². The van der Waals surface area contributed by atoms with Crippen molar-refractivity contribution in [3.63, 3.8) is 0 Å². The molecule has 5 N–H and O–H groups in total. The lowest BCUT2D eigenvalue weighted by molar-refractivity contribution is 0.235. The number of anilines is 2. The van der Waals surface area contributed by atoms with Crippen molar-refractivity contribution in [3.05, 3.63) is 76.7 Å². The van der Waals surface area contributed by atoms with E-state index in [1.807, 2.05) is 23.7 Å². The molecule has 0 saturated heterocycles. The van der Waals surface area contributed by atoms with Crippen LogP contribution >= 0.6 is 11.6 Å². The first kappa shape index (κ1) is 23.3. The van der Waals surface area contributed by atoms with Crippen molar-refractivity contribution in [1.82, 2.24) is 20.4 Å². The Morgan fingerprint density at radius 1 is 1.06 bits per heavy atom. The van der Waals surface area contributed by atoms with Crippen LogP contribution in [0.15, 0.2) is 53.7 Å². The van der Waals surface area contributed by atoms with Gasteiger partial charge in [0.25, 0.3) is 0 Å². The van der Waals surface area contributed by atoms with Gasteiger partial charge in [0.05, 0.1) is 16.2 Å². The third-order valence-corrected chi connectivity index (χ3v) is 5.07. The number of rotatable bonds is 8. The first-order chi connectivity index (χ1) is 16.5. The molecule has 0 saturated carbocycles. The van der Waals surface area contributed by atoms with E-state index in [2.05, 4.69) is 30.6 Å². The molecule has 0 fully saturated rings. The van der Waals surface area contributed by atoms with Crippen molar-refractivity contribution in [3.8, 4) is 0 Å². The summed E-state index contributed by atoms with van der Waals surface area (Å²) in [7, 11) is 0. The molecule has 0 radical (unpaired) electrons. The van der Waals surface area contributed by atoms with Crippen LogP contribution < -0.4 is 16.1 Å². The minimum absolute atomic E-state index is 0.00853. The number of H-pyrrole nitrogens is 1. The third-order valence-electron chi connectivity index (χ3n) is 4.78. The average Bonchev–Trinajstić information content (AvgIpc) is 3.27. The topological polar surface area (TPSA) is 110 Å². The van der Waals surface area contributed by atoms with Gasteiger partial charge in [-0.1, -0.05) is 17.7 Å². The van der Waals surface area contributed by atoms with Gasteiger partial charge in [-0.05, 0) is 42.8 Å². The number of nitrogens with one attached hydrogen (secondary N) is 4. The second-order valence-electron chi connectivity index (χ2n) is 7.12. The normalized spacial score (nSPS) is 11.6. The number of aliphatic imine (C=N–C) groups is 1. The summed E-state index contributed by atoms with van der Waals surface area (Å²) in [5, 5.41) is 15.6. The Labute approximate surface area is 196 Å². The van der Waals surface area contributed by atoms with E-state index >= 15 is 0 Å². The summed E-state index contributed by atoms with van der Waals surface area (Å²) in [6.07, 6.45) is 2.37. The molecule has 34 heavy (non-hydrogen) atoms. The highest BCUT2D eigenvalue weighted by Crippen LogP contribution is 2.27. The lowest BCUT2D eigenvalue weighted by Crippen LogP contribution is -2.21. The van der Waals surface area contributed by atoms with E-state index in [-0.39, 0.29) is 39.1 Å². The zero-order valence-corrected chi connectivity index (χ0v) is 18.3. The second kappa shape index (κ2) is 10.4. The number of fused-ring (bicyclic) bond motifs is 1. The molecule has 4 rings (SSSR count). The summed E-state index contributed by atoms with van der Waals surface area (Å²) in [4.78, 5) is 15.3. The van der Waals surface area contributed by atoms with Crippen LogP contribution in [-0.4, -0.2) is 39.1 Å². The molecule has 0 bridgehead atoms. The van der Waals surface area contributed by atoms with Crippen molar-refractivity contribution >= 4 is 45.9 Å². The van der Waals surface area contributed by atoms with Gasteiger partial charge < -0.3 is 15.6 Å². The number of hydrogen-bond donors (Lipinski definition) is 5. The second-order valence-corrected chi connectivity index (χ2v) is 7.53. The molecule has 4 aromatic rings. The van der Waals surface area contributed by atoms with E-state index in [4.69, 9.17) is 11.6 Å². The summed E-state index contributed by atoms with van der Waals surface area (Å²) in [5.41, 5.74) is 1.88. The molecule has 0 amide bonds. The molecule has 2 aromatic heterocycles. The fourth-order valence-electron chi connectivity index (χ4n) is 3.18. The molecule has 176 valence electrons. The first-order valence-corrected chi connectivity index (χ1v) is 10.5. The Morgan fingerprint density at radius 2 is 1.88 bits per heavy atom. The predicted octanol–water partition coefficient (Wildman–Crippen LogP) is 5.00. The van der Waals surface area contributed by atoms with Crippen molar-refractivity contribution in [2.75, 3.05) is 23.7 Å². The molecule has 8 nitrogen and oxygen atoms in total. The number of nitrogens with zero attached hydrogens (tertiary/aromatic N) is 3. The molecule has 0 aliphatic carbocycles. The highest BCUT2D eigenvalue weighted by Gasteiger charge is 2.20. The van der Waals surface area contributed by atoms with Gasteiger partial charge in [-0.3, -0.25) is 10.7 Å². The van der Waals surface area contributed by atoms with Crippen LogP contribution in [0.25, 0.3) is 11.0 Å². The maximum absolute atomic E-state index is 14.4. The first-order valence-electron chi connectivity index (χ1n) is 10.2. The van der Waals surface area contributed by atoms with Gasteiger partial charge in [-0.25, -0.2) is 28.1 Å². The SMILES string of the molecule is ONC(=Nc1ccc(F)c(Cl)c1)c1cc(F)c(F)c2nc(NCCCNc3ccccn3)[nH]c12. The quantitative estimate of drug-likeness (QED) is 0.103. The van der Waals surface area contributed by atoms with Gasteiger partial charge in [0, 0.05) is 24.8 Å². The number of benzene rings is 2. The number of pyridine rings is 1. The predicted molar refractivity (Wildman–Crippen MR) is 124 cm³/mol. The van der Waals surface area contributed by atoms with Crippen molar-refractivity contribution < 1.29 is 18.4 Å². The fraction of sp³-hybridized carbons (Fsp3) is 0.136. The maximum atomic E-state index is 14.4. The Kier molecular flexibility index (Phi) is 7.14. The smallest absolute Gasteiger partial charge is 0.201 e. The Morgan fingerprint density at radius 3 is 2.62 bits per heavy atom. The number of aromatic nitrogens is 3. The number of aromatic amines is 1. The molecule has 0 unspecified atom stereocenters. The molecular formula is C22H19ClF3N7O. The van der Waals surface area contributed by atoms with Crippen LogP contribution in [-0.2, 0) is 0 Å². The zero-order valence-electron chi connectivity index (χ0n) is 17.5. The van der Waals surface area contributed by atoms with Gasteiger partial charge in [-0.15, -0.1) is 0 Å². The Balaban J connectivity index is 1.55. The van der Waals surface area contributed by atoms with Crippen LogP contribution in [0.3, 0.4) is 0 Å². The van der Waals surface area contributed by atoms with Gasteiger partial charge >= 0.3 is 0 Å². The van der Waals surface area contributed by atoms with Gasteiger partial charge in [0.1, 0.15) is 17.2 Å². The van der Waals surface area contributed by atoms with E-state index in [9.17, 15) is 18.4 Å². The fourth-order valence-corrected chi connectivity index (χ4v) is 3.36. The van der Waals surface area contributed by atoms with Crippen molar-refractivity contribution in [2.24, 2.45) is 4.99 Å². The number of amidine groups is 1. The number of hydroxylamine groups is 1. The summed E-state index contributed by atoms with van der Waals surface area (Å²) in [6, 6.07) is 10.0. The standard InChI is InChI=1S/C22H19ClF3N7O/c23-14-10-12(5-6-15(14)24)30-21(33-34)13-11-16(25)18(26)20-19(13)31-22(32-20)29-9-3-8-28-17-4-1-2-7-27-17/h1-2,4-7,10-11,34H,3,8-9H2,(H,27,28)(H,30,33)(H2,29,31,32). The van der Waals surface area contributed by atoms with Crippen LogP contribution in [0.5, 0.6) is 0 Å². The van der Waals surface area contributed by atoms with Crippen LogP contribution in [0.4, 0.5) is 30.6 Å². The molecular weight excluding hydrogens is 471 g/mol. The summed E-state index contributed by atoms with van der Waals surface area (Å²) >= 11 is 5.77. The van der Waals surface area contributed by atoms with E-state index in [0.29, 0.717) is 19.5 Å². The summed E-state index contributed by atoms with van der Waals surface area (Å²) in [6.45, 7) is 1.11. The van der Waals surface area contributed by atoms with Crippen LogP contribution in [0.1, 0.15) is 12.0 Å². The maximum Gasteiger partial charge on any atom is 0.201 e. The Bertz CT molecular complexity index is 1330. The van der Waals surface area contributed by atoms with Gasteiger partial charge in [0.15, 0.2) is 17.5 Å². The number of hydrogen-bond acceptors (Lipinski definition) is 6. The minimum atomic E-state index is -1.18. The number of imidazole rings is 1. The highest BCUT2D eigenvalue weighted by molar-refractivity contribution is 6.31. The summed E-state index contributed by atoms with van der Waals surface area (Å²) < 4.78 is 42.1. The molecule has 2 heterocycles. The third kappa shape index (κ3) is 5.21. The highest BCUT2D eigenvalue weighted by atomic mass is 35.5. The molecule has 12 heteroatoms. The number of halogens is 4. The van der Waals surface area contributed by atoms with E-state index < -0.39 is 17.5 Å². The monoisotopic (exact) mass is 489 g/mol. The lowest BCUT2D eigenvalue weighted by atomic mass is 10.1. The molecule has 0 spiro atoms. The molecule has 0 aliphatic heterocycles. The van der Waals surface area contributed by atoms with Crippen molar-refractivity contribution in [2.45, 2.75) is 6.42 Å². The van der Waals surface area contributed by atoms with Gasteiger partial charge in [-0.2, -0.15) is 0 Å². The molecule has 2 aromatic carbocycles. The van der Waals surface area contributed by atoms with E-state index in [1.165, 1.54) is 12.1 Å². The van der Waals surface area contributed by atoms with Crippen LogP contribution in [0, 0.1) is 17.5 Å². The lowest BCUT2D eigenvalue weighted by Gasteiger charge is -2.08. The van der Waals surface area contributed by atoms with Gasteiger partial charge in [0.2, 0.25) is 5.95 Å². The van der Waals surface area contributed by atoms with E-state index in [1.54, 1.807) is 6.20 Å². The van der Waals surface area contributed by atoms with E-state index in [0.717, 1.165) is 18.0 Å². The molecule has 0 atom stereocenters. The van der Waals surface area contributed by atoms with Crippen molar-refractivity contribution in [1.29, 1.82) is 0 Å². The molecule has 0 aliphatic rings. The summed E-state index contributed by atoms with van der Waals surface area (Å²) in [5.74, 6) is -2.24. The largest absolute Gasteiger partial charge is 0.370 e. The zero-order chi connectivity index (χ0) is 24.1.